The Labute approximate surface area is 88.9 Å². The van der Waals surface area contributed by atoms with Crippen LogP contribution >= 0.6 is 0 Å². The van der Waals surface area contributed by atoms with E-state index in [1.165, 1.54) is 0 Å². The van der Waals surface area contributed by atoms with Crippen molar-refractivity contribution in [1.82, 2.24) is 9.78 Å². The van der Waals surface area contributed by atoms with Gasteiger partial charge in [0.25, 0.3) is 0 Å². The first-order valence-corrected chi connectivity index (χ1v) is 5.44. The molecule has 0 radical (unpaired) electrons. The second-order valence-corrected chi connectivity index (χ2v) is 4.05. The maximum atomic E-state index is 11.1. The molecular weight excluding hydrogens is 192 g/mol. The van der Waals surface area contributed by atoms with Gasteiger partial charge in [-0.2, -0.15) is 5.10 Å². The van der Waals surface area contributed by atoms with Crippen LogP contribution in [0.4, 0.5) is 0 Å². The molecule has 1 aliphatic rings. The number of nitrogens with zero attached hydrogens (tertiary/aromatic N) is 2. The fraction of sp³-hybridized carbons (Fsp3) is 0.636. The number of hydrogen-bond donors (Lipinski definition) is 1. The van der Waals surface area contributed by atoms with Crippen LogP contribution in [0, 0.1) is 6.92 Å². The van der Waals surface area contributed by atoms with Crippen molar-refractivity contribution >= 4 is 5.97 Å². The van der Waals surface area contributed by atoms with Crippen molar-refractivity contribution in [2.45, 2.75) is 45.6 Å². The molecule has 4 heteroatoms. The average molecular weight is 208 g/mol. The van der Waals surface area contributed by atoms with Crippen molar-refractivity contribution in [2.75, 3.05) is 0 Å². The third-order valence-electron chi connectivity index (χ3n) is 3.21. The normalized spacial score (nSPS) is 20.0. The van der Waals surface area contributed by atoms with E-state index < -0.39 is 5.97 Å². The van der Waals surface area contributed by atoms with Gasteiger partial charge in [-0.1, -0.05) is 0 Å². The molecule has 0 bridgehead atoms. The van der Waals surface area contributed by atoms with Gasteiger partial charge in [0, 0.05) is 12.2 Å². The smallest absolute Gasteiger partial charge is 0.312 e. The zero-order valence-electron chi connectivity index (χ0n) is 9.16. The largest absolute Gasteiger partial charge is 0.481 e. The van der Waals surface area contributed by atoms with E-state index in [-0.39, 0.29) is 5.92 Å². The maximum absolute atomic E-state index is 11.1. The van der Waals surface area contributed by atoms with Crippen molar-refractivity contribution in [3.63, 3.8) is 0 Å². The first-order chi connectivity index (χ1) is 7.15. The summed E-state index contributed by atoms with van der Waals surface area (Å²) in [5, 5.41) is 13.5. The molecule has 1 atom stereocenters. The lowest BCUT2D eigenvalue weighted by Gasteiger charge is -2.17. The predicted octanol–water partition coefficient (Wildman–Crippen LogP) is 1.72. The van der Waals surface area contributed by atoms with Gasteiger partial charge in [-0.05, 0) is 38.7 Å². The summed E-state index contributed by atoms with van der Waals surface area (Å²) < 4.78 is 1.91. The van der Waals surface area contributed by atoms with Crippen LogP contribution in [0.5, 0.6) is 0 Å². The molecule has 1 aromatic heterocycles. The Morgan fingerprint density at radius 1 is 1.67 bits per heavy atom. The summed E-state index contributed by atoms with van der Waals surface area (Å²) in [6.07, 6.45) is 2.66. The molecular formula is C11H16N2O2. The van der Waals surface area contributed by atoms with E-state index >= 15 is 0 Å². The summed E-state index contributed by atoms with van der Waals surface area (Å²) in [6.45, 7) is 4.87. The van der Waals surface area contributed by atoms with Gasteiger partial charge in [-0.3, -0.25) is 9.48 Å². The first-order valence-electron chi connectivity index (χ1n) is 5.44. The SMILES string of the molecule is CCn1nc2c(c1C)CCCC2C(=O)O. The third kappa shape index (κ3) is 1.54. The molecule has 0 aliphatic heterocycles. The number of carboxylic acids is 1. The summed E-state index contributed by atoms with van der Waals surface area (Å²) >= 11 is 0. The third-order valence-corrected chi connectivity index (χ3v) is 3.21. The van der Waals surface area contributed by atoms with Gasteiger partial charge >= 0.3 is 5.97 Å². The van der Waals surface area contributed by atoms with Gasteiger partial charge in [0.05, 0.1) is 5.69 Å². The fourth-order valence-corrected chi connectivity index (χ4v) is 2.36. The standard InChI is InChI=1S/C11H16N2O2/c1-3-13-7(2)8-5-4-6-9(11(14)15)10(8)12-13/h9H,3-6H2,1-2H3,(H,14,15). The molecule has 15 heavy (non-hydrogen) atoms. The zero-order chi connectivity index (χ0) is 11.0. The molecule has 0 amide bonds. The summed E-state index contributed by atoms with van der Waals surface area (Å²) in [7, 11) is 0. The summed E-state index contributed by atoms with van der Waals surface area (Å²) in [5.41, 5.74) is 3.10. The molecule has 1 unspecified atom stereocenters. The van der Waals surface area contributed by atoms with E-state index in [1.54, 1.807) is 0 Å². The van der Waals surface area contributed by atoms with E-state index in [0.717, 1.165) is 42.8 Å². The van der Waals surface area contributed by atoms with E-state index in [2.05, 4.69) is 5.10 Å². The fourth-order valence-electron chi connectivity index (χ4n) is 2.36. The zero-order valence-corrected chi connectivity index (χ0v) is 9.16. The Balaban J connectivity index is 2.48. The minimum Gasteiger partial charge on any atom is -0.481 e. The summed E-state index contributed by atoms with van der Waals surface area (Å²) in [4.78, 5) is 11.1. The highest BCUT2D eigenvalue weighted by Gasteiger charge is 2.30. The van der Waals surface area contributed by atoms with Gasteiger partial charge in [0.2, 0.25) is 0 Å². The molecule has 0 saturated heterocycles. The van der Waals surface area contributed by atoms with Crippen LogP contribution in [-0.4, -0.2) is 20.9 Å². The molecule has 1 heterocycles. The van der Waals surface area contributed by atoms with Gasteiger partial charge in [-0.15, -0.1) is 0 Å². The highest BCUT2D eigenvalue weighted by molar-refractivity contribution is 5.76. The number of carbonyl (C=O) groups is 1. The van der Waals surface area contributed by atoms with Gasteiger partial charge in [0.15, 0.2) is 0 Å². The lowest BCUT2D eigenvalue weighted by atomic mass is 9.87. The molecule has 0 fully saturated rings. The number of aromatic nitrogens is 2. The monoisotopic (exact) mass is 208 g/mol. The first kappa shape index (κ1) is 10.2. The van der Waals surface area contributed by atoms with Crippen molar-refractivity contribution in [1.29, 1.82) is 0 Å². The van der Waals surface area contributed by atoms with E-state index in [4.69, 9.17) is 5.11 Å². The molecule has 82 valence electrons. The minimum absolute atomic E-state index is 0.389. The van der Waals surface area contributed by atoms with Crippen molar-refractivity contribution < 1.29 is 9.90 Å². The lowest BCUT2D eigenvalue weighted by Crippen LogP contribution is -2.17. The Morgan fingerprint density at radius 2 is 2.40 bits per heavy atom. The Hall–Kier alpha value is -1.32. The molecule has 0 saturated carbocycles. The minimum atomic E-state index is -0.739. The van der Waals surface area contributed by atoms with Crippen LogP contribution in [0.3, 0.4) is 0 Å². The summed E-state index contributed by atoms with van der Waals surface area (Å²) in [6, 6.07) is 0. The van der Waals surface area contributed by atoms with Crippen LogP contribution in [-0.2, 0) is 17.8 Å². The average Bonchev–Trinajstić information content (AvgIpc) is 2.55. The number of rotatable bonds is 2. The number of hydrogen-bond acceptors (Lipinski definition) is 2. The molecule has 0 spiro atoms. The van der Waals surface area contributed by atoms with Gasteiger partial charge < -0.3 is 5.11 Å². The highest BCUT2D eigenvalue weighted by atomic mass is 16.4. The topological polar surface area (TPSA) is 55.1 Å². The van der Waals surface area contributed by atoms with Crippen LogP contribution in [0.1, 0.15) is 42.6 Å². The van der Waals surface area contributed by atoms with E-state index in [0.29, 0.717) is 0 Å². The number of aliphatic carboxylic acids is 1. The van der Waals surface area contributed by atoms with Crippen LogP contribution < -0.4 is 0 Å². The van der Waals surface area contributed by atoms with Crippen LogP contribution in [0.2, 0.25) is 0 Å². The molecule has 2 rings (SSSR count). The molecule has 1 N–H and O–H groups in total. The van der Waals surface area contributed by atoms with Gasteiger partial charge in [-0.25, -0.2) is 0 Å². The quantitative estimate of drug-likeness (QED) is 0.805. The molecule has 4 nitrogen and oxygen atoms in total. The van der Waals surface area contributed by atoms with Crippen LogP contribution in [0.25, 0.3) is 0 Å². The number of carboxylic acid groups (broad SMARTS) is 1. The van der Waals surface area contributed by atoms with Gasteiger partial charge in [0.1, 0.15) is 5.92 Å². The Morgan fingerprint density at radius 3 is 3.00 bits per heavy atom. The van der Waals surface area contributed by atoms with Crippen molar-refractivity contribution in [2.24, 2.45) is 0 Å². The highest BCUT2D eigenvalue weighted by Crippen LogP contribution is 2.32. The van der Waals surface area contributed by atoms with Crippen LogP contribution in [0.15, 0.2) is 0 Å². The Kier molecular flexibility index (Phi) is 2.50. The predicted molar refractivity (Wildman–Crippen MR) is 56.0 cm³/mol. The number of fused-ring (bicyclic) bond motifs is 1. The molecule has 1 aromatic rings. The molecule has 1 aliphatic carbocycles. The second-order valence-electron chi connectivity index (χ2n) is 4.05. The van der Waals surface area contributed by atoms with E-state index in [9.17, 15) is 4.79 Å². The number of aryl methyl sites for hydroxylation is 1. The molecule has 0 aromatic carbocycles. The summed E-state index contributed by atoms with van der Waals surface area (Å²) in [5.74, 6) is -1.13. The van der Waals surface area contributed by atoms with Crippen molar-refractivity contribution in [3.05, 3.63) is 17.0 Å². The lowest BCUT2D eigenvalue weighted by molar-refractivity contribution is -0.139. The maximum Gasteiger partial charge on any atom is 0.312 e. The van der Waals surface area contributed by atoms with E-state index in [1.807, 2.05) is 18.5 Å². The Bertz CT molecular complexity index is 396. The van der Waals surface area contributed by atoms with Crippen molar-refractivity contribution in [3.8, 4) is 0 Å². The second kappa shape index (κ2) is 3.68.